The molecule has 98 valence electrons. The van der Waals surface area contributed by atoms with Gasteiger partial charge in [-0.2, -0.15) is 0 Å². The monoisotopic (exact) mass is 255 g/mol. The van der Waals surface area contributed by atoms with E-state index in [-0.39, 0.29) is 0 Å². The van der Waals surface area contributed by atoms with Gasteiger partial charge in [0.15, 0.2) is 0 Å². The van der Waals surface area contributed by atoms with Crippen LogP contribution in [-0.4, -0.2) is 16.1 Å². The van der Waals surface area contributed by atoms with E-state index < -0.39 is 11.9 Å². The van der Waals surface area contributed by atoms with Gasteiger partial charge in [-0.15, -0.1) is 0 Å². The number of carboxylic acids is 1. The molecule has 0 amide bonds. The lowest BCUT2D eigenvalue weighted by Gasteiger charge is -2.18. The van der Waals surface area contributed by atoms with Crippen LogP contribution in [0.2, 0.25) is 0 Å². The molecule has 1 aromatic heterocycles. The predicted octanol–water partition coefficient (Wildman–Crippen LogP) is 3.55. The minimum atomic E-state index is -0.826. The molecule has 0 fully saturated rings. The molecule has 19 heavy (non-hydrogen) atoms. The van der Waals surface area contributed by atoms with Crippen LogP contribution in [0.5, 0.6) is 0 Å². The van der Waals surface area contributed by atoms with Crippen LogP contribution in [-0.2, 0) is 4.79 Å². The molecular formula is C16H17NO2. The smallest absolute Gasteiger partial charge is 0.310 e. The number of carbonyl (C=O) groups is 1. The Kier molecular flexibility index (Phi) is 3.65. The maximum absolute atomic E-state index is 11.3. The molecule has 1 atom stereocenters. The SMILES string of the molecule is Cc1cnc(C)c(C(C)C(=O)O)c1-c1ccccc1. The van der Waals surface area contributed by atoms with Gasteiger partial charge < -0.3 is 5.11 Å². The Morgan fingerprint density at radius 1 is 1.21 bits per heavy atom. The topological polar surface area (TPSA) is 50.2 Å². The fourth-order valence-electron chi connectivity index (χ4n) is 2.36. The summed E-state index contributed by atoms with van der Waals surface area (Å²) in [5, 5.41) is 9.29. The summed E-state index contributed by atoms with van der Waals surface area (Å²) in [4.78, 5) is 15.6. The van der Waals surface area contributed by atoms with Crippen LogP contribution in [0.15, 0.2) is 36.5 Å². The third-order valence-corrected chi connectivity index (χ3v) is 3.37. The summed E-state index contributed by atoms with van der Waals surface area (Å²) < 4.78 is 0. The summed E-state index contributed by atoms with van der Waals surface area (Å²) in [5.74, 6) is -1.39. The Balaban J connectivity index is 2.72. The second kappa shape index (κ2) is 5.22. The Bertz CT molecular complexity index is 606. The van der Waals surface area contributed by atoms with E-state index in [0.29, 0.717) is 0 Å². The van der Waals surface area contributed by atoms with Gasteiger partial charge in [0.1, 0.15) is 0 Å². The molecule has 0 spiro atoms. The van der Waals surface area contributed by atoms with Crippen LogP contribution in [0.1, 0.15) is 29.7 Å². The number of aliphatic carboxylic acids is 1. The van der Waals surface area contributed by atoms with Crippen LogP contribution in [0.4, 0.5) is 0 Å². The van der Waals surface area contributed by atoms with Crippen molar-refractivity contribution < 1.29 is 9.90 Å². The lowest BCUT2D eigenvalue weighted by molar-refractivity contribution is -0.138. The Morgan fingerprint density at radius 3 is 2.42 bits per heavy atom. The van der Waals surface area contributed by atoms with E-state index in [1.54, 1.807) is 13.1 Å². The highest BCUT2D eigenvalue weighted by Crippen LogP contribution is 2.33. The van der Waals surface area contributed by atoms with E-state index in [1.807, 2.05) is 44.2 Å². The highest BCUT2D eigenvalue weighted by molar-refractivity contribution is 5.82. The molecule has 3 heteroatoms. The molecular weight excluding hydrogens is 238 g/mol. The summed E-state index contributed by atoms with van der Waals surface area (Å²) >= 11 is 0. The van der Waals surface area contributed by atoms with Crippen molar-refractivity contribution in [2.45, 2.75) is 26.7 Å². The van der Waals surface area contributed by atoms with Crippen LogP contribution < -0.4 is 0 Å². The van der Waals surface area contributed by atoms with Gasteiger partial charge in [-0.05, 0) is 43.0 Å². The minimum absolute atomic E-state index is 0.567. The number of aromatic nitrogens is 1. The number of nitrogens with zero attached hydrogens (tertiary/aromatic N) is 1. The van der Waals surface area contributed by atoms with Gasteiger partial charge in [-0.25, -0.2) is 0 Å². The van der Waals surface area contributed by atoms with Gasteiger partial charge >= 0.3 is 5.97 Å². The maximum atomic E-state index is 11.3. The van der Waals surface area contributed by atoms with E-state index >= 15 is 0 Å². The highest BCUT2D eigenvalue weighted by Gasteiger charge is 2.22. The van der Waals surface area contributed by atoms with Gasteiger partial charge in [0, 0.05) is 11.9 Å². The first-order chi connectivity index (χ1) is 9.02. The largest absolute Gasteiger partial charge is 0.481 e. The number of pyridine rings is 1. The first-order valence-electron chi connectivity index (χ1n) is 6.26. The summed E-state index contributed by atoms with van der Waals surface area (Å²) in [6.07, 6.45) is 1.80. The van der Waals surface area contributed by atoms with Gasteiger partial charge in [-0.3, -0.25) is 9.78 Å². The maximum Gasteiger partial charge on any atom is 0.310 e. The van der Waals surface area contributed by atoms with Crippen molar-refractivity contribution in [2.24, 2.45) is 0 Å². The van der Waals surface area contributed by atoms with Crippen LogP contribution >= 0.6 is 0 Å². The molecule has 1 unspecified atom stereocenters. The number of aryl methyl sites for hydroxylation is 2. The lowest BCUT2D eigenvalue weighted by atomic mass is 9.88. The van der Waals surface area contributed by atoms with Crippen molar-refractivity contribution in [1.29, 1.82) is 0 Å². The van der Waals surface area contributed by atoms with Crippen molar-refractivity contribution in [3.63, 3.8) is 0 Å². The zero-order chi connectivity index (χ0) is 14.0. The van der Waals surface area contributed by atoms with Crippen LogP contribution in [0.3, 0.4) is 0 Å². The third-order valence-electron chi connectivity index (χ3n) is 3.37. The first kappa shape index (κ1) is 13.3. The van der Waals surface area contributed by atoms with Crippen molar-refractivity contribution in [3.05, 3.63) is 53.3 Å². The zero-order valence-electron chi connectivity index (χ0n) is 11.3. The number of rotatable bonds is 3. The zero-order valence-corrected chi connectivity index (χ0v) is 11.3. The van der Waals surface area contributed by atoms with E-state index in [1.165, 1.54) is 0 Å². The van der Waals surface area contributed by atoms with Crippen LogP contribution in [0, 0.1) is 13.8 Å². The van der Waals surface area contributed by atoms with Crippen molar-refractivity contribution in [1.82, 2.24) is 4.98 Å². The highest BCUT2D eigenvalue weighted by atomic mass is 16.4. The molecule has 0 bridgehead atoms. The average molecular weight is 255 g/mol. The first-order valence-corrected chi connectivity index (χ1v) is 6.26. The average Bonchev–Trinajstić information content (AvgIpc) is 2.41. The second-order valence-corrected chi connectivity index (χ2v) is 4.74. The predicted molar refractivity (Wildman–Crippen MR) is 75.2 cm³/mol. The summed E-state index contributed by atoms with van der Waals surface area (Å²) in [7, 11) is 0. The Hall–Kier alpha value is -2.16. The summed E-state index contributed by atoms with van der Waals surface area (Å²) in [5.41, 5.74) is 4.61. The molecule has 0 aliphatic rings. The number of benzene rings is 1. The summed E-state index contributed by atoms with van der Waals surface area (Å²) in [6, 6.07) is 9.87. The number of hydrogen-bond acceptors (Lipinski definition) is 2. The molecule has 1 N–H and O–H groups in total. The molecule has 3 nitrogen and oxygen atoms in total. The fraction of sp³-hybridized carbons (Fsp3) is 0.250. The molecule has 1 heterocycles. The van der Waals surface area contributed by atoms with E-state index in [0.717, 1.165) is 27.9 Å². The number of carboxylic acid groups (broad SMARTS) is 1. The van der Waals surface area contributed by atoms with Crippen molar-refractivity contribution >= 4 is 5.97 Å². The van der Waals surface area contributed by atoms with Crippen molar-refractivity contribution in [2.75, 3.05) is 0 Å². The van der Waals surface area contributed by atoms with Crippen molar-refractivity contribution in [3.8, 4) is 11.1 Å². The second-order valence-electron chi connectivity index (χ2n) is 4.74. The third kappa shape index (κ3) is 2.50. The molecule has 1 aromatic carbocycles. The fourth-order valence-corrected chi connectivity index (χ4v) is 2.36. The Labute approximate surface area is 112 Å². The van der Waals surface area contributed by atoms with Gasteiger partial charge in [0.2, 0.25) is 0 Å². The lowest BCUT2D eigenvalue weighted by Crippen LogP contribution is -2.12. The van der Waals surface area contributed by atoms with Gasteiger partial charge in [-0.1, -0.05) is 30.3 Å². The van der Waals surface area contributed by atoms with Crippen LogP contribution in [0.25, 0.3) is 11.1 Å². The van der Waals surface area contributed by atoms with E-state index in [9.17, 15) is 9.90 Å². The molecule has 0 radical (unpaired) electrons. The van der Waals surface area contributed by atoms with Gasteiger partial charge in [0.25, 0.3) is 0 Å². The van der Waals surface area contributed by atoms with E-state index in [2.05, 4.69) is 4.98 Å². The summed E-state index contributed by atoms with van der Waals surface area (Å²) in [6.45, 7) is 5.53. The molecule has 0 saturated heterocycles. The molecule has 0 saturated carbocycles. The molecule has 0 aliphatic carbocycles. The molecule has 2 aromatic rings. The minimum Gasteiger partial charge on any atom is -0.481 e. The van der Waals surface area contributed by atoms with E-state index in [4.69, 9.17) is 0 Å². The quantitative estimate of drug-likeness (QED) is 0.912. The number of hydrogen-bond donors (Lipinski definition) is 1. The van der Waals surface area contributed by atoms with Gasteiger partial charge in [0.05, 0.1) is 5.92 Å². The molecule has 0 aliphatic heterocycles. The standard InChI is InChI=1S/C16H17NO2/c1-10-9-17-12(3)15(11(2)16(18)19)14(10)13-7-5-4-6-8-13/h4-9,11H,1-3H3,(H,18,19). The Morgan fingerprint density at radius 2 is 1.84 bits per heavy atom. The normalized spacial score (nSPS) is 12.2. The molecule has 2 rings (SSSR count).